The number of aryl methyl sites for hydroxylation is 2. The minimum Gasteiger partial charge on any atom is -0.756 e. The highest BCUT2D eigenvalue weighted by molar-refractivity contribution is 7.85. The van der Waals surface area contributed by atoms with Crippen molar-refractivity contribution in [3.8, 4) is 0 Å². The van der Waals surface area contributed by atoms with Crippen LogP contribution in [0, 0.1) is 0 Å². The van der Waals surface area contributed by atoms with Crippen molar-refractivity contribution in [3.05, 3.63) is 18.7 Å². The number of rotatable bonds is 9. The standard InChI is InChI=1S/C8H14N2O3S.C4H11O4P/c1-9-5-6-10(8-9)4-2-3-7-14(11,12)13;1-3-7-9(5,6)8-4-2/h5-6,8H,2-4,7H2,1H3;3-4H2,1-2H3,(H,5,6). The predicted octanol–water partition coefficient (Wildman–Crippen LogP) is 0.508. The Kier molecular flexibility index (Phi) is 10.5. The lowest BCUT2D eigenvalue weighted by Gasteiger charge is -2.20. The molecule has 0 aromatic carbocycles. The van der Waals surface area contributed by atoms with E-state index in [9.17, 15) is 17.9 Å². The van der Waals surface area contributed by atoms with Gasteiger partial charge in [-0.15, -0.1) is 0 Å². The maximum absolute atomic E-state index is 10.4. The van der Waals surface area contributed by atoms with Crippen molar-refractivity contribution in [3.63, 3.8) is 0 Å². The smallest absolute Gasteiger partial charge is 0.267 e. The molecular weight excluding hydrogens is 347 g/mol. The Hall–Kier alpha value is -0.770. The van der Waals surface area contributed by atoms with Crippen LogP contribution < -0.4 is 9.46 Å². The quantitative estimate of drug-likeness (QED) is 0.290. The third kappa shape index (κ3) is 13.4. The Morgan fingerprint density at radius 3 is 2.22 bits per heavy atom. The van der Waals surface area contributed by atoms with E-state index < -0.39 is 17.9 Å². The highest BCUT2D eigenvalue weighted by Gasteiger charge is 2.05. The molecule has 0 aliphatic carbocycles. The van der Waals surface area contributed by atoms with Gasteiger partial charge in [0.15, 0.2) is 0 Å². The summed E-state index contributed by atoms with van der Waals surface area (Å²) in [4.78, 5) is 10.4. The van der Waals surface area contributed by atoms with Crippen molar-refractivity contribution in [2.45, 2.75) is 33.2 Å². The minimum atomic E-state index is -3.94. The van der Waals surface area contributed by atoms with Crippen molar-refractivity contribution in [1.29, 1.82) is 0 Å². The van der Waals surface area contributed by atoms with E-state index >= 15 is 0 Å². The van der Waals surface area contributed by atoms with Crippen LogP contribution in [0.3, 0.4) is 0 Å². The molecule has 0 aliphatic heterocycles. The van der Waals surface area contributed by atoms with E-state index in [2.05, 4.69) is 9.05 Å². The van der Waals surface area contributed by atoms with Crippen molar-refractivity contribution >= 4 is 17.9 Å². The maximum atomic E-state index is 10.4. The second-order valence-electron chi connectivity index (χ2n) is 4.59. The zero-order valence-corrected chi connectivity index (χ0v) is 15.3. The maximum Gasteiger partial charge on any atom is 0.267 e. The number of imidazole rings is 1. The lowest BCUT2D eigenvalue weighted by Crippen LogP contribution is -2.31. The molecule has 23 heavy (non-hydrogen) atoms. The van der Waals surface area contributed by atoms with Crippen molar-refractivity contribution in [1.82, 2.24) is 4.57 Å². The van der Waals surface area contributed by atoms with Gasteiger partial charge in [-0.05, 0) is 26.7 Å². The summed E-state index contributed by atoms with van der Waals surface area (Å²) < 4.78 is 52.1. The molecule has 1 N–H and O–H groups in total. The van der Waals surface area contributed by atoms with Gasteiger partial charge < -0.3 is 13.9 Å². The van der Waals surface area contributed by atoms with Gasteiger partial charge in [0.05, 0.1) is 32.6 Å². The zero-order valence-electron chi connectivity index (χ0n) is 13.6. The molecule has 0 radical (unpaired) electrons. The SMILES string of the molecule is CCOP(=O)([O-])OCC.Cn1cc[n+](CCCCS(=O)(=O)O)c1. The summed E-state index contributed by atoms with van der Waals surface area (Å²) in [6.07, 6.45) is 7.00. The monoisotopic (exact) mass is 372 g/mol. The van der Waals surface area contributed by atoms with Crippen LogP contribution in [0.5, 0.6) is 0 Å². The summed E-state index contributed by atoms with van der Waals surface area (Å²) in [5.74, 6) is -0.152. The van der Waals surface area contributed by atoms with Gasteiger partial charge >= 0.3 is 0 Å². The molecule has 11 heteroatoms. The zero-order chi connectivity index (χ0) is 17.9. The Balaban J connectivity index is 0.000000468. The molecule has 0 saturated carbocycles. The summed E-state index contributed by atoms with van der Waals surface area (Å²) >= 11 is 0. The van der Waals surface area contributed by atoms with Gasteiger partial charge in [0, 0.05) is 0 Å². The molecule has 0 amide bonds. The molecule has 0 unspecified atom stereocenters. The second-order valence-corrected chi connectivity index (χ2v) is 7.58. The van der Waals surface area contributed by atoms with Crippen LogP contribution in [-0.4, -0.2) is 36.5 Å². The molecule has 136 valence electrons. The van der Waals surface area contributed by atoms with Crippen molar-refractivity contribution in [2.75, 3.05) is 19.0 Å². The topological polar surface area (TPSA) is 122 Å². The Morgan fingerprint density at radius 2 is 1.83 bits per heavy atom. The number of hydrogen-bond donors (Lipinski definition) is 1. The van der Waals surface area contributed by atoms with E-state index in [4.69, 9.17) is 4.55 Å². The summed E-state index contributed by atoms with van der Waals surface area (Å²) in [7, 11) is -5.81. The Labute approximate surface area is 137 Å². The molecule has 0 aliphatic rings. The van der Waals surface area contributed by atoms with Crippen LogP contribution in [0.25, 0.3) is 0 Å². The van der Waals surface area contributed by atoms with Crippen LogP contribution in [0.4, 0.5) is 0 Å². The van der Waals surface area contributed by atoms with E-state index in [1.807, 2.05) is 34.9 Å². The minimum absolute atomic E-state index is 0.126. The number of phosphoric ester groups is 1. The summed E-state index contributed by atoms with van der Waals surface area (Å²) in [6, 6.07) is 0. The average molecular weight is 372 g/mol. The fraction of sp³-hybridized carbons (Fsp3) is 0.750. The number of hydrogen-bond acceptors (Lipinski definition) is 6. The predicted molar refractivity (Wildman–Crippen MR) is 82.1 cm³/mol. The Morgan fingerprint density at radius 1 is 1.26 bits per heavy atom. The third-order valence-electron chi connectivity index (χ3n) is 2.47. The largest absolute Gasteiger partial charge is 0.756 e. The summed E-state index contributed by atoms with van der Waals surface area (Å²) in [5, 5.41) is 0. The molecule has 1 rings (SSSR count). The highest BCUT2D eigenvalue weighted by Crippen LogP contribution is 2.37. The van der Waals surface area contributed by atoms with Crippen LogP contribution in [-0.2, 0) is 37.3 Å². The van der Waals surface area contributed by atoms with Crippen molar-refractivity contribution in [2.24, 2.45) is 7.05 Å². The normalized spacial score (nSPS) is 11.9. The van der Waals surface area contributed by atoms with Crippen LogP contribution in [0.2, 0.25) is 0 Å². The highest BCUT2D eigenvalue weighted by atomic mass is 32.2. The molecule has 0 saturated heterocycles. The summed E-state index contributed by atoms with van der Waals surface area (Å²) in [5.41, 5.74) is 0. The van der Waals surface area contributed by atoms with Crippen molar-refractivity contribution < 1.29 is 36.0 Å². The lowest BCUT2D eigenvalue weighted by atomic mass is 10.3. The molecular formula is C12H25N2O7PS. The molecule has 0 atom stereocenters. The first kappa shape index (κ1) is 22.2. The summed E-state index contributed by atoms with van der Waals surface area (Å²) in [6.45, 7) is 4.20. The number of nitrogens with zero attached hydrogens (tertiary/aromatic N) is 2. The molecule has 0 spiro atoms. The van der Waals surface area contributed by atoms with E-state index in [1.54, 1.807) is 13.8 Å². The van der Waals surface area contributed by atoms with Gasteiger partial charge in [-0.3, -0.25) is 9.12 Å². The first-order valence-corrected chi connectivity index (χ1v) is 10.2. The van der Waals surface area contributed by atoms with Gasteiger partial charge in [0.25, 0.3) is 17.9 Å². The van der Waals surface area contributed by atoms with Crippen LogP contribution >= 0.6 is 7.82 Å². The fourth-order valence-corrected chi connectivity index (χ4v) is 2.84. The number of aromatic nitrogens is 2. The van der Waals surface area contributed by atoms with Crippen LogP contribution in [0.1, 0.15) is 26.7 Å². The average Bonchev–Trinajstić information content (AvgIpc) is 2.80. The van der Waals surface area contributed by atoms with E-state index in [-0.39, 0.29) is 19.0 Å². The lowest BCUT2D eigenvalue weighted by molar-refractivity contribution is -0.696. The van der Waals surface area contributed by atoms with E-state index in [1.165, 1.54) is 0 Å². The first-order valence-electron chi connectivity index (χ1n) is 7.16. The molecule has 1 heterocycles. The molecule has 0 bridgehead atoms. The molecule has 1 aromatic heterocycles. The van der Waals surface area contributed by atoms with Gasteiger partial charge in [-0.1, -0.05) is 0 Å². The second kappa shape index (κ2) is 10.9. The van der Waals surface area contributed by atoms with E-state index in [0.717, 1.165) is 13.0 Å². The number of phosphoric acid groups is 1. The van der Waals surface area contributed by atoms with Gasteiger partial charge in [-0.25, -0.2) is 9.13 Å². The fourth-order valence-electron chi connectivity index (χ4n) is 1.57. The molecule has 0 fully saturated rings. The van der Waals surface area contributed by atoms with Gasteiger partial charge in [0.1, 0.15) is 12.4 Å². The Bertz CT molecular complexity index is 578. The van der Waals surface area contributed by atoms with E-state index in [0.29, 0.717) is 6.42 Å². The van der Waals surface area contributed by atoms with Gasteiger partial charge in [0.2, 0.25) is 6.33 Å². The van der Waals surface area contributed by atoms with Crippen LogP contribution in [0.15, 0.2) is 18.7 Å². The third-order valence-corrected chi connectivity index (χ3v) is 4.42. The molecule has 1 aromatic rings. The van der Waals surface area contributed by atoms with Gasteiger partial charge in [-0.2, -0.15) is 8.42 Å². The first-order chi connectivity index (χ1) is 10.6. The molecule has 9 nitrogen and oxygen atoms in total. The number of unbranched alkanes of at least 4 members (excludes halogenated alkanes) is 1.